The second kappa shape index (κ2) is 4.94. The largest absolute Gasteiger partial charge is 0.268 e. The zero-order valence-corrected chi connectivity index (χ0v) is 10.7. The smallest absolute Gasteiger partial charge is 0.267 e. The summed E-state index contributed by atoms with van der Waals surface area (Å²) in [5, 5.41) is 4.46. The highest BCUT2D eigenvalue weighted by Gasteiger charge is 2.13. The lowest BCUT2D eigenvalue weighted by Gasteiger charge is -2.15. The number of pyridine rings is 1. The molecule has 0 spiro atoms. The van der Waals surface area contributed by atoms with E-state index in [2.05, 4.69) is 10.1 Å². The van der Waals surface area contributed by atoms with Gasteiger partial charge in [-0.25, -0.2) is 4.68 Å². The Kier molecular flexibility index (Phi) is 3.15. The molecule has 2 aromatic rings. The number of hydrogen-bond donors (Lipinski definition) is 0. The van der Waals surface area contributed by atoms with Crippen LogP contribution in [0.5, 0.6) is 0 Å². The quantitative estimate of drug-likeness (QED) is 0.819. The van der Waals surface area contributed by atoms with E-state index < -0.39 is 0 Å². The first kappa shape index (κ1) is 11.5. The molecule has 0 fully saturated rings. The molecule has 1 aliphatic rings. The molecular formula is C13H13N3OS. The predicted molar refractivity (Wildman–Crippen MR) is 71.7 cm³/mol. The van der Waals surface area contributed by atoms with E-state index in [-0.39, 0.29) is 5.56 Å². The average Bonchev–Trinajstić information content (AvgIpc) is 2.41. The third kappa shape index (κ3) is 2.31. The highest BCUT2D eigenvalue weighted by molar-refractivity contribution is 7.98. The second-order valence-corrected chi connectivity index (χ2v) is 5.34. The fraction of sp³-hybridized carbons (Fsp3) is 0.308. The van der Waals surface area contributed by atoms with E-state index in [1.807, 2.05) is 30.0 Å². The van der Waals surface area contributed by atoms with Crippen molar-refractivity contribution in [1.82, 2.24) is 14.8 Å². The van der Waals surface area contributed by atoms with E-state index in [9.17, 15) is 4.79 Å². The summed E-state index contributed by atoms with van der Waals surface area (Å²) in [6, 6.07) is 7.41. The molecule has 0 saturated carbocycles. The van der Waals surface area contributed by atoms with E-state index in [4.69, 9.17) is 0 Å². The van der Waals surface area contributed by atoms with Gasteiger partial charge in [-0.1, -0.05) is 6.07 Å². The van der Waals surface area contributed by atoms with Crippen molar-refractivity contribution in [3.8, 4) is 0 Å². The Bertz CT molecular complexity index is 609. The molecule has 0 bridgehead atoms. The maximum Gasteiger partial charge on any atom is 0.267 e. The van der Waals surface area contributed by atoms with Crippen molar-refractivity contribution in [1.29, 1.82) is 0 Å². The van der Waals surface area contributed by atoms with Gasteiger partial charge in [0.2, 0.25) is 0 Å². The lowest BCUT2D eigenvalue weighted by atomic mass is 10.2. The summed E-state index contributed by atoms with van der Waals surface area (Å²) in [7, 11) is 0. The van der Waals surface area contributed by atoms with Crippen LogP contribution in [0.15, 0.2) is 35.3 Å². The van der Waals surface area contributed by atoms with E-state index in [0.29, 0.717) is 6.54 Å². The molecule has 1 aliphatic heterocycles. The maximum absolute atomic E-state index is 12.0. The molecule has 4 nitrogen and oxygen atoms in total. The van der Waals surface area contributed by atoms with Crippen molar-refractivity contribution in [2.45, 2.75) is 18.7 Å². The molecule has 3 heterocycles. The molecular weight excluding hydrogens is 246 g/mol. The van der Waals surface area contributed by atoms with E-state index in [1.165, 1.54) is 4.68 Å². The molecule has 0 radical (unpaired) electrons. The molecule has 0 amide bonds. The van der Waals surface area contributed by atoms with Gasteiger partial charge in [-0.15, -0.1) is 0 Å². The van der Waals surface area contributed by atoms with E-state index >= 15 is 0 Å². The molecule has 92 valence electrons. The SMILES string of the molecule is O=c1cc2c(nn1Cc1ccccn1)CCSC2. The van der Waals surface area contributed by atoms with Crippen LogP contribution in [0.2, 0.25) is 0 Å². The van der Waals surface area contributed by atoms with Gasteiger partial charge in [-0.05, 0) is 23.4 Å². The first-order valence-corrected chi connectivity index (χ1v) is 7.06. The van der Waals surface area contributed by atoms with Crippen molar-refractivity contribution in [3.63, 3.8) is 0 Å². The van der Waals surface area contributed by atoms with Gasteiger partial charge in [0.05, 0.1) is 17.9 Å². The van der Waals surface area contributed by atoms with Gasteiger partial charge >= 0.3 is 0 Å². The summed E-state index contributed by atoms with van der Waals surface area (Å²) < 4.78 is 1.51. The third-order valence-electron chi connectivity index (χ3n) is 2.94. The van der Waals surface area contributed by atoms with Crippen molar-refractivity contribution in [3.05, 3.63) is 57.8 Å². The number of aryl methyl sites for hydroxylation is 1. The zero-order valence-electron chi connectivity index (χ0n) is 9.87. The van der Waals surface area contributed by atoms with Crippen molar-refractivity contribution in [2.75, 3.05) is 5.75 Å². The Morgan fingerprint density at radius 3 is 3.17 bits per heavy atom. The molecule has 0 aliphatic carbocycles. The number of thioether (sulfide) groups is 1. The molecule has 0 aromatic carbocycles. The Morgan fingerprint density at radius 1 is 1.39 bits per heavy atom. The van der Waals surface area contributed by atoms with Gasteiger partial charge in [-0.3, -0.25) is 9.78 Å². The number of rotatable bonds is 2. The first-order chi connectivity index (χ1) is 8.83. The summed E-state index contributed by atoms with van der Waals surface area (Å²) >= 11 is 1.86. The molecule has 0 N–H and O–H groups in total. The standard InChI is InChI=1S/C13H13N3OS/c17-13-7-10-9-18-6-4-12(10)15-16(13)8-11-3-1-2-5-14-11/h1-3,5,7H,4,6,8-9H2. The van der Waals surface area contributed by atoms with Gasteiger partial charge in [0.1, 0.15) is 0 Å². The highest BCUT2D eigenvalue weighted by Crippen LogP contribution is 2.21. The van der Waals surface area contributed by atoms with Crippen LogP contribution in [0.4, 0.5) is 0 Å². The number of aromatic nitrogens is 3. The third-order valence-corrected chi connectivity index (χ3v) is 3.95. The summed E-state index contributed by atoms with van der Waals surface area (Å²) in [5.74, 6) is 1.99. The topological polar surface area (TPSA) is 47.8 Å². The molecule has 5 heteroatoms. The summed E-state index contributed by atoms with van der Waals surface area (Å²) in [4.78, 5) is 16.2. The minimum atomic E-state index is -0.0399. The molecule has 0 unspecified atom stereocenters. The van der Waals surface area contributed by atoms with E-state index in [1.54, 1.807) is 12.3 Å². The lowest BCUT2D eigenvalue weighted by Crippen LogP contribution is -2.26. The van der Waals surface area contributed by atoms with Gasteiger partial charge in [-0.2, -0.15) is 16.9 Å². The summed E-state index contributed by atoms with van der Waals surface area (Å²) in [5.41, 5.74) is 2.97. The van der Waals surface area contributed by atoms with Crippen LogP contribution in [0.3, 0.4) is 0 Å². The fourth-order valence-corrected chi connectivity index (χ4v) is 2.96. The predicted octanol–water partition coefficient (Wildman–Crippen LogP) is 1.48. The maximum atomic E-state index is 12.0. The van der Waals surface area contributed by atoms with Crippen LogP contribution in [-0.2, 0) is 18.7 Å². The van der Waals surface area contributed by atoms with Crippen LogP contribution >= 0.6 is 11.8 Å². The molecule has 0 atom stereocenters. The van der Waals surface area contributed by atoms with Gasteiger partial charge in [0.15, 0.2) is 0 Å². The number of fused-ring (bicyclic) bond motifs is 1. The molecule has 3 rings (SSSR count). The minimum Gasteiger partial charge on any atom is -0.268 e. The Labute approximate surface area is 109 Å². The van der Waals surface area contributed by atoms with Gasteiger partial charge < -0.3 is 0 Å². The molecule has 2 aromatic heterocycles. The normalized spacial score (nSPS) is 14.2. The Morgan fingerprint density at radius 2 is 2.33 bits per heavy atom. The first-order valence-electron chi connectivity index (χ1n) is 5.90. The monoisotopic (exact) mass is 259 g/mol. The van der Waals surface area contributed by atoms with Crippen LogP contribution in [0, 0.1) is 0 Å². The Hall–Kier alpha value is -1.62. The van der Waals surface area contributed by atoms with Crippen LogP contribution in [-0.4, -0.2) is 20.5 Å². The lowest BCUT2D eigenvalue weighted by molar-refractivity contribution is 0.606. The van der Waals surface area contributed by atoms with Crippen molar-refractivity contribution in [2.24, 2.45) is 0 Å². The van der Waals surface area contributed by atoms with Crippen molar-refractivity contribution < 1.29 is 0 Å². The van der Waals surface area contributed by atoms with Crippen LogP contribution in [0.25, 0.3) is 0 Å². The van der Waals surface area contributed by atoms with Crippen molar-refractivity contribution >= 4 is 11.8 Å². The van der Waals surface area contributed by atoms with Gasteiger partial charge in [0.25, 0.3) is 5.56 Å². The highest BCUT2D eigenvalue weighted by atomic mass is 32.2. The van der Waals surface area contributed by atoms with Gasteiger partial charge in [0, 0.05) is 24.4 Å². The van der Waals surface area contributed by atoms with Crippen LogP contribution < -0.4 is 5.56 Å². The second-order valence-electron chi connectivity index (χ2n) is 4.24. The summed E-state index contributed by atoms with van der Waals surface area (Å²) in [6.07, 6.45) is 2.68. The zero-order chi connectivity index (χ0) is 12.4. The average molecular weight is 259 g/mol. The number of hydrogen-bond acceptors (Lipinski definition) is 4. The molecule has 0 saturated heterocycles. The number of nitrogens with zero attached hydrogens (tertiary/aromatic N) is 3. The van der Waals surface area contributed by atoms with Crippen LogP contribution in [0.1, 0.15) is 17.0 Å². The van der Waals surface area contributed by atoms with E-state index in [0.717, 1.165) is 34.9 Å². The summed E-state index contributed by atoms with van der Waals surface area (Å²) in [6.45, 7) is 0.445. The fourth-order valence-electron chi connectivity index (χ4n) is 2.01. The minimum absolute atomic E-state index is 0.0399. The Balaban J connectivity index is 1.95. The molecule has 18 heavy (non-hydrogen) atoms.